The number of hydrogen-bond donors (Lipinski definition) is 0. The van der Waals surface area contributed by atoms with Crippen LogP contribution in [0, 0.1) is 5.41 Å². The molecular weight excluding hydrogens is 400 g/mol. The van der Waals surface area contributed by atoms with Crippen LogP contribution in [0.2, 0.25) is 0 Å². The maximum Gasteiger partial charge on any atom is 0.311 e. The monoisotopic (exact) mass is 438 g/mol. The van der Waals surface area contributed by atoms with E-state index in [9.17, 15) is 18.0 Å². The molecule has 1 unspecified atom stereocenters. The molecule has 1 aliphatic heterocycles. The summed E-state index contributed by atoms with van der Waals surface area (Å²) in [6.45, 7) is 12.4. The minimum absolute atomic E-state index is 0.0837. The Labute approximate surface area is 175 Å². The van der Waals surface area contributed by atoms with Gasteiger partial charge in [0.05, 0.1) is 31.8 Å². The Kier molecular flexibility index (Phi) is 11.3. The summed E-state index contributed by atoms with van der Waals surface area (Å²) in [4.78, 5) is 26.0. The van der Waals surface area contributed by atoms with Crippen molar-refractivity contribution in [2.75, 3.05) is 46.1 Å². The molecule has 0 aliphatic carbocycles. The Balaban J connectivity index is 0.000000956. The van der Waals surface area contributed by atoms with Gasteiger partial charge in [-0.3, -0.25) is 9.59 Å². The average Bonchev–Trinajstić information content (AvgIpc) is 3.07. The second kappa shape index (κ2) is 11.8. The maximum atomic E-state index is 12.3. The van der Waals surface area contributed by atoms with Crippen LogP contribution in [0.1, 0.15) is 53.9 Å². The number of esters is 1. The van der Waals surface area contributed by atoms with E-state index in [1.165, 1.54) is 6.92 Å². The maximum absolute atomic E-state index is 12.3. The highest BCUT2D eigenvalue weighted by atomic mass is 32.2. The Hall–Kier alpha value is -1.23. The first-order valence-corrected chi connectivity index (χ1v) is 11.6. The summed E-state index contributed by atoms with van der Waals surface area (Å²) in [5, 5.41) is 9.09. The summed E-state index contributed by atoms with van der Waals surface area (Å²) in [5.41, 5.74) is -0.564. The predicted octanol–water partition coefficient (Wildman–Crippen LogP) is 0.681. The van der Waals surface area contributed by atoms with E-state index in [1.807, 2.05) is 25.7 Å². The molecule has 9 nitrogen and oxygen atoms in total. The average molecular weight is 439 g/mol. The molecule has 0 bridgehead atoms. The summed E-state index contributed by atoms with van der Waals surface area (Å²) < 4.78 is 28.8. The fourth-order valence-electron chi connectivity index (χ4n) is 2.85. The lowest BCUT2D eigenvalue weighted by atomic mass is 9.86. The number of quaternary nitrogens is 1. The van der Waals surface area contributed by atoms with E-state index in [-0.39, 0.29) is 23.7 Å². The lowest BCUT2D eigenvalue weighted by molar-refractivity contribution is -0.888. The molecule has 1 saturated heterocycles. The van der Waals surface area contributed by atoms with Crippen LogP contribution in [0.15, 0.2) is 0 Å². The Morgan fingerprint density at radius 3 is 2.28 bits per heavy atom. The van der Waals surface area contributed by atoms with Gasteiger partial charge in [0.15, 0.2) is 0 Å². The van der Waals surface area contributed by atoms with Gasteiger partial charge in [0.2, 0.25) is 5.91 Å². The van der Waals surface area contributed by atoms with E-state index in [4.69, 9.17) is 9.99 Å². The standard InChI is InChI=1S/C17H33N2O3.C2H6O4S/c1-7-19(5,6)11-12-22-16(21)17(3,4)13-14(2)18-10-8-9-15(18)20;1-2-7(4,5)6-3/h14H,7-13H2,1-6H3;3H,2H2,1H3/q+1;/p-1. The van der Waals surface area contributed by atoms with Crippen LogP contribution in [0.3, 0.4) is 0 Å². The quantitative estimate of drug-likeness (QED) is 0.213. The van der Waals surface area contributed by atoms with Crippen molar-refractivity contribution in [1.29, 1.82) is 0 Å². The molecule has 0 aromatic carbocycles. The molecule has 1 atom stereocenters. The van der Waals surface area contributed by atoms with Gasteiger partial charge in [-0.15, -0.1) is 0 Å². The molecule has 0 N–H and O–H groups in total. The van der Waals surface area contributed by atoms with Crippen LogP contribution in [0.25, 0.3) is 0 Å². The van der Waals surface area contributed by atoms with E-state index in [0.717, 1.165) is 30.5 Å². The van der Waals surface area contributed by atoms with Gasteiger partial charge in [-0.2, -0.15) is 0 Å². The van der Waals surface area contributed by atoms with Crippen LogP contribution in [-0.2, 0) is 28.8 Å². The topological polar surface area (TPSA) is 113 Å². The number of carbonyl (C=O) groups excluding carboxylic acids is 2. The van der Waals surface area contributed by atoms with Gasteiger partial charge < -0.3 is 23.7 Å². The summed E-state index contributed by atoms with van der Waals surface area (Å²) in [5.74, 6) is -0.225. The van der Waals surface area contributed by atoms with Crippen molar-refractivity contribution in [3.8, 4) is 0 Å². The van der Waals surface area contributed by atoms with Crippen LogP contribution in [0.4, 0.5) is 0 Å². The largest absolute Gasteiger partial charge is 0.707 e. The molecule has 10 heteroatoms. The molecular formula is C19H38N2O7S. The van der Waals surface area contributed by atoms with Crippen molar-refractivity contribution in [3.63, 3.8) is 0 Å². The number of likely N-dealkylation sites (tertiary alicyclic amines) is 1. The third-order valence-electron chi connectivity index (χ3n) is 5.24. The Morgan fingerprint density at radius 1 is 1.31 bits per heavy atom. The fraction of sp³-hybridized carbons (Fsp3) is 0.895. The highest BCUT2D eigenvalue weighted by Crippen LogP contribution is 2.28. The molecule has 0 radical (unpaired) electrons. The third kappa shape index (κ3) is 10.4. The number of rotatable bonds is 10. The molecule has 0 spiro atoms. The van der Waals surface area contributed by atoms with Gasteiger partial charge in [-0.1, -0.05) is 0 Å². The van der Waals surface area contributed by atoms with E-state index in [1.54, 1.807) is 0 Å². The van der Waals surface area contributed by atoms with Gasteiger partial charge >= 0.3 is 5.97 Å². The summed E-state index contributed by atoms with van der Waals surface area (Å²) in [6, 6.07) is 0.0837. The zero-order valence-corrected chi connectivity index (χ0v) is 19.7. The second-order valence-electron chi connectivity index (χ2n) is 8.65. The first-order chi connectivity index (χ1) is 13.2. The smallest absolute Gasteiger partial charge is 0.311 e. The zero-order chi connectivity index (χ0) is 22.9. The molecule has 1 rings (SSSR count). The van der Waals surface area contributed by atoms with Crippen molar-refractivity contribution in [2.24, 2.45) is 5.41 Å². The Bertz CT molecular complexity index is 622. The molecule has 0 aromatic heterocycles. The molecule has 0 aromatic rings. The van der Waals surface area contributed by atoms with Crippen molar-refractivity contribution >= 4 is 22.0 Å². The second-order valence-corrected chi connectivity index (χ2v) is 10.5. The summed E-state index contributed by atoms with van der Waals surface area (Å²) >= 11 is 0. The number of amides is 1. The number of carbonyl (C=O) groups is 2. The van der Waals surface area contributed by atoms with Crippen molar-refractivity contribution < 1.29 is 36.8 Å². The van der Waals surface area contributed by atoms with Crippen molar-refractivity contribution in [1.82, 2.24) is 4.90 Å². The molecule has 0 saturated carbocycles. The Morgan fingerprint density at radius 2 is 1.90 bits per heavy atom. The van der Waals surface area contributed by atoms with Gasteiger partial charge in [0.1, 0.15) is 13.2 Å². The minimum Gasteiger partial charge on any atom is -0.707 e. The van der Waals surface area contributed by atoms with E-state index in [0.29, 0.717) is 19.4 Å². The highest BCUT2D eigenvalue weighted by Gasteiger charge is 2.35. The number of likely N-dealkylation sites (N-methyl/N-ethyl adjacent to an activating group) is 1. The first kappa shape index (κ1) is 27.8. The molecule has 1 amide bonds. The third-order valence-corrected chi connectivity index (χ3v) is 6.16. The number of hydrogen-bond acceptors (Lipinski definition) is 7. The van der Waals surface area contributed by atoms with Gasteiger partial charge in [0, 0.05) is 19.0 Å². The fourth-order valence-corrected chi connectivity index (χ4v) is 2.95. The molecule has 172 valence electrons. The molecule has 1 aliphatic rings. The summed E-state index contributed by atoms with van der Waals surface area (Å²) in [7, 11) is 0.537. The molecule has 29 heavy (non-hydrogen) atoms. The normalized spacial score (nSPS) is 16.3. The van der Waals surface area contributed by atoms with Crippen LogP contribution in [0.5, 0.6) is 0 Å². The minimum atomic E-state index is -3.71. The van der Waals surface area contributed by atoms with Crippen LogP contribution in [-0.4, -0.2) is 81.8 Å². The van der Waals surface area contributed by atoms with Crippen molar-refractivity contribution in [3.05, 3.63) is 0 Å². The lowest BCUT2D eigenvalue weighted by Crippen LogP contribution is -2.43. The van der Waals surface area contributed by atoms with Crippen LogP contribution >= 0.6 is 0 Å². The van der Waals surface area contributed by atoms with Gasteiger partial charge in [-0.25, -0.2) is 8.42 Å². The lowest BCUT2D eigenvalue weighted by Gasteiger charge is -2.32. The number of nitrogens with zero attached hydrogens (tertiary/aromatic N) is 2. The van der Waals surface area contributed by atoms with Gasteiger partial charge in [0.25, 0.3) is 10.1 Å². The highest BCUT2D eigenvalue weighted by molar-refractivity contribution is 7.86. The van der Waals surface area contributed by atoms with Crippen LogP contribution < -0.4 is 5.26 Å². The zero-order valence-electron chi connectivity index (χ0n) is 18.9. The predicted molar refractivity (Wildman–Crippen MR) is 108 cm³/mol. The van der Waals surface area contributed by atoms with E-state index in [2.05, 4.69) is 25.4 Å². The van der Waals surface area contributed by atoms with Gasteiger partial charge in [-0.05, 0) is 47.5 Å². The van der Waals surface area contributed by atoms with E-state index >= 15 is 0 Å². The van der Waals surface area contributed by atoms with Crippen molar-refractivity contribution in [2.45, 2.75) is 59.9 Å². The molecule has 1 heterocycles. The first-order valence-electron chi connectivity index (χ1n) is 10.0. The SMILES string of the molecule is CCS(=O)(=O)O[O-].CC[N+](C)(C)CCOC(=O)C(C)(C)CC(C)N1CCCC1=O. The van der Waals surface area contributed by atoms with E-state index < -0.39 is 15.5 Å². The summed E-state index contributed by atoms with van der Waals surface area (Å²) in [6.07, 6.45) is 2.21. The number of ether oxygens (including phenoxy) is 1. The molecule has 1 fully saturated rings.